The Labute approximate surface area is 114 Å². The number of rotatable bonds is 7. The van der Waals surface area contributed by atoms with Crippen LogP contribution in [-0.2, 0) is 4.74 Å². The Kier molecular flexibility index (Phi) is 5.42. The Balaban J connectivity index is 1.89. The van der Waals surface area contributed by atoms with Crippen LogP contribution in [0.25, 0.3) is 0 Å². The van der Waals surface area contributed by atoms with Crippen LogP contribution in [0.3, 0.4) is 0 Å². The summed E-state index contributed by atoms with van der Waals surface area (Å²) in [5.41, 5.74) is 0. The zero-order valence-corrected chi connectivity index (χ0v) is 11.8. The minimum absolute atomic E-state index is 0.526. The summed E-state index contributed by atoms with van der Waals surface area (Å²) in [5.74, 6) is 1.84. The van der Waals surface area contributed by atoms with Gasteiger partial charge in [0.1, 0.15) is 11.6 Å². The molecule has 2 rings (SSSR count). The molecule has 1 unspecified atom stereocenters. The molecule has 1 fully saturated rings. The normalized spacial score (nSPS) is 18.8. The fraction of sp³-hybridized carbons (Fsp3) is 0.643. The summed E-state index contributed by atoms with van der Waals surface area (Å²) in [6, 6.07) is 4.53. The monoisotopic (exact) mass is 265 g/mol. The van der Waals surface area contributed by atoms with Crippen LogP contribution in [0.5, 0.6) is 5.75 Å². The van der Waals surface area contributed by atoms with E-state index in [4.69, 9.17) is 9.47 Å². The van der Waals surface area contributed by atoms with E-state index in [-0.39, 0.29) is 0 Å². The van der Waals surface area contributed by atoms with Crippen LogP contribution >= 0.6 is 0 Å². The topological polar surface area (TPSA) is 46.6 Å². The quantitative estimate of drug-likeness (QED) is 0.753. The third kappa shape index (κ3) is 3.81. The van der Waals surface area contributed by atoms with Crippen LogP contribution in [0.4, 0.5) is 5.82 Å². The van der Waals surface area contributed by atoms with E-state index >= 15 is 0 Å². The molecule has 2 heterocycles. The Morgan fingerprint density at radius 1 is 1.42 bits per heavy atom. The van der Waals surface area contributed by atoms with Crippen LogP contribution in [0.15, 0.2) is 18.3 Å². The molecule has 19 heavy (non-hydrogen) atoms. The number of methoxy groups -OCH3 is 2. The van der Waals surface area contributed by atoms with E-state index in [2.05, 4.69) is 15.2 Å². The van der Waals surface area contributed by atoms with Crippen molar-refractivity contribution in [2.75, 3.05) is 45.4 Å². The SMILES string of the molecule is COCCNCC1CCCN1c1ccc(OC)cn1. The van der Waals surface area contributed by atoms with Crippen LogP contribution in [0.1, 0.15) is 12.8 Å². The molecule has 0 aromatic carbocycles. The van der Waals surface area contributed by atoms with Crippen molar-refractivity contribution in [1.82, 2.24) is 10.3 Å². The lowest BCUT2D eigenvalue weighted by atomic mass is 10.2. The standard InChI is InChI=1S/C14H23N3O2/c1-18-9-7-15-10-12-4-3-8-17(12)14-6-5-13(19-2)11-16-14/h5-6,11-12,15H,3-4,7-10H2,1-2H3. The minimum Gasteiger partial charge on any atom is -0.495 e. The summed E-state index contributed by atoms with van der Waals surface area (Å²) in [7, 11) is 3.39. The molecule has 1 aliphatic heterocycles. The first kappa shape index (κ1) is 14.1. The molecule has 5 nitrogen and oxygen atoms in total. The number of pyridine rings is 1. The molecule has 1 aromatic heterocycles. The average Bonchev–Trinajstić information content (AvgIpc) is 2.92. The lowest BCUT2D eigenvalue weighted by molar-refractivity contribution is 0.199. The number of hydrogen-bond acceptors (Lipinski definition) is 5. The number of nitrogens with zero attached hydrogens (tertiary/aromatic N) is 2. The number of ether oxygens (including phenoxy) is 2. The van der Waals surface area contributed by atoms with Gasteiger partial charge in [-0.3, -0.25) is 0 Å². The molecule has 1 N–H and O–H groups in total. The van der Waals surface area contributed by atoms with Crippen molar-refractivity contribution in [2.45, 2.75) is 18.9 Å². The van der Waals surface area contributed by atoms with E-state index in [9.17, 15) is 0 Å². The molecule has 0 saturated carbocycles. The zero-order chi connectivity index (χ0) is 13.5. The van der Waals surface area contributed by atoms with Gasteiger partial charge in [-0.05, 0) is 25.0 Å². The summed E-state index contributed by atoms with van der Waals surface area (Å²) in [6.45, 7) is 3.72. The van der Waals surface area contributed by atoms with Crippen molar-refractivity contribution >= 4 is 5.82 Å². The Morgan fingerprint density at radius 3 is 3.00 bits per heavy atom. The molecule has 0 amide bonds. The van der Waals surface area contributed by atoms with Crippen molar-refractivity contribution in [1.29, 1.82) is 0 Å². The molecule has 1 aromatic rings. The zero-order valence-electron chi connectivity index (χ0n) is 11.8. The molecule has 1 saturated heterocycles. The van der Waals surface area contributed by atoms with Gasteiger partial charge in [-0.1, -0.05) is 0 Å². The summed E-state index contributed by atoms with van der Waals surface area (Å²) in [4.78, 5) is 6.85. The second-order valence-corrected chi connectivity index (χ2v) is 4.74. The second-order valence-electron chi connectivity index (χ2n) is 4.74. The first-order chi connectivity index (χ1) is 9.35. The predicted octanol–water partition coefficient (Wildman–Crippen LogP) is 1.29. The van der Waals surface area contributed by atoms with Gasteiger partial charge in [0.25, 0.3) is 0 Å². The van der Waals surface area contributed by atoms with Gasteiger partial charge in [0.15, 0.2) is 0 Å². The van der Waals surface area contributed by atoms with Gasteiger partial charge in [-0.2, -0.15) is 0 Å². The van der Waals surface area contributed by atoms with Gasteiger partial charge in [0.05, 0.1) is 19.9 Å². The van der Waals surface area contributed by atoms with Gasteiger partial charge >= 0.3 is 0 Å². The molecule has 0 spiro atoms. The van der Waals surface area contributed by atoms with Crippen LogP contribution < -0.4 is 15.0 Å². The average molecular weight is 265 g/mol. The van der Waals surface area contributed by atoms with Crippen molar-refractivity contribution in [3.8, 4) is 5.75 Å². The molecule has 0 radical (unpaired) electrons. The Hall–Kier alpha value is -1.33. The number of nitrogens with one attached hydrogen (secondary N) is 1. The lowest BCUT2D eigenvalue weighted by Gasteiger charge is -2.26. The number of anilines is 1. The largest absolute Gasteiger partial charge is 0.495 e. The van der Waals surface area contributed by atoms with Gasteiger partial charge in [0.2, 0.25) is 0 Å². The van der Waals surface area contributed by atoms with E-state index in [0.717, 1.165) is 37.8 Å². The molecule has 1 atom stereocenters. The van der Waals surface area contributed by atoms with E-state index in [0.29, 0.717) is 6.04 Å². The van der Waals surface area contributed by atoms with Crippen LogP contribution in [-0.4, -0.2) is 51.5 Å². The molecular weight excluding hydrogens is 242 g/mol. The third-order valence-corrected chi connectivity index (χ3v) is 3.49. The number of hydrogen-bond donors (Lipinski definition) is 1. The van der Waals surface area contributed by atoms with E-state index in [1.165, 1.54) is 12.8 Å². The molecule has 5 heteroatoms. The molecular formula is C14H23N3O2. The highest BCUT2D eigenvalue weighted by molar-refractivity contribution is 5.43. The predicted molar refractivity (Wildman–Crippen MR) is 75.9 cm³/mol. The highest BCUT2D eigenvalue weighted by Crippen LogP contribution is 2.24. The highest BCUT2D eigenvalue weighted by Gasteiger charge is 2.25. The summed E-state index contributed by atoms with van der Waals surface area (Å²) >= 11 is 0. The Bertz CT molecular complexity index is 369. The first-order valence-corrected chi connectivity index (χ1v) is 6.81. The molecule has 1 aliphatic rings. The summed E-state index contributed by atoms with van der Waals surface area (Å²) in [6.07, 6.45) is 4.22. The van der Waals surface area contributed by atoms with Crippen molar-refractivity contribution < 1.29 is 9.47 Å². The minimum atomic E-state index is 0.526. The van der Waals surface area contributed by atoms with Gasteiger partial charge in [-0.25, -0.2) is 4.98 Å². The van der Waals surface area contributed by atoms with Gasteiger partial charge < -0.3 is 19.7 Å². The van der Waals surface area contributed by atoms with Gasteiger partial charge in [0, 0.05) is 32.8 Å². The molecule has 0 aliphatic carbocycles. The summed E-state index contributed by atoms with van der Waals surface area (Å²) in [5, 5.41) is 3.43. The maximum Gasteiger partial charge on any atom is 0.137 e. The maximum atomic E-state index is 5.14. The fourth-order valence-corrected chi connectivity index (χ4v) is 2.46. The lowest BCUT2D eigenvalue weighted by Crippen LogP contribution is -2.39. The van der Waals surface area contributed by atoms with Crippen molar-refractivity contribution in [3.63, 3.8) is 0 Å². The van der Waals surface area contributed by atoms with E-state index in [1.807, 2.05) is 12.1 Å². The molecule has 0 bridgehead atoms. The van der Waals surface area contributed by atoms with Crippen molar-refractivity contribution in [2.24, 2.45) is 0 Å². The first-order valence-electron chi connectivity index (χ1n) is 6.81. The van der Waals surface area contributed by atoms with E-state index in [1.54, 1.807) is 20.4 Å². The Morgan fingerprint density at radius 2 is 2.32 bits per heavy atom. The van der Waals surface area contributed by atoms with E-state index < -0.39 is 0 Å². The van der Waals surface area contributed by atoms with Gasteiger partial charge in [-0.15, -0.1) is 0 Å². The highest BCUT2D eigenvalue weighted by atomic mass is 16.5. The number of aromatic nitrogens is 1. The van der Waals surface area contributed by atoms with Crippen molar-refractivity contribution in [3.05, 3.63) is 18.3 Å². The fourth-order valence-electron chi connectivity index (χ4n) is 2.46. The van der Waals surface area contributed by atoms with Crippen LogP contribution in [0, 0.1) is 0 Å². The second kappa shape index (κ2) is 7.31. The third-order valence-electron chi connectivity index (χ3n) is 3.49. The van der Waals surface area contributed by atoms with Crippen LogP contribution in [0.2, 0.25) is 0 Å². The smallest absolute Gasteiger partial charge is 0.137 e. The maximum absolute atomic E-state index is 5.14. The molecule has 106 valence electrons. The summed E-state index contributed by atoms with van der Waals surface area (Å²) < 4.78 is 10.2.